The highest BCUT2D eigenvalue weighted by molar-refractivity contribution is 7.03. The molecule has 3 N–H and O–H groups in total. The van der Waals surface area contributed by atoms with Gasteiger partial charge in [0.15, 0.2) is 5.69 Å². The van der Waals surface area contributed by atoms with Crippen LogP contribution in [-0.4, -0.2) is 52.5 Å². The van der Waals surface area contributed by atoms with E-state index in [1.54, 1.807) is 10.3 Å². The summed E-state index contributed by atoms with van der Waals surface area (Å²) in [6.07, 6.45) is 1.62. The second kappa shape index (κ2) is 6.58. The molecule has 0 aromatic carbocycles. The molecular weight excluding hydrogens is 266 g/mol. The van der Waals surface area contributed by atoms with Crippen molar-refractivity contribution in [3.8, 4) is 0 Å². The number of amides is 2. The van der Waals surface area contributed by atoms with Crippen LogP contribution >= 0.6 is 11.5 Å². The molecule has 1 aliphatic rings. The summed E-state index contributed by atoms with van der Waals surface area (Å²) in [6.45, 7) is 1.99. The van der Waals surface area contributed by atoms with Gasteiger partial charge in [-0.15, -0.1) is 5.10 Å². The smallest absolute Gasteiger partial charge is 0.275 e. The Kier molecular flexibility index (Phi) is 4.80. The molecule has 0 saturated carbocycles. The Morgan fingerprint density at radius 3 is 3.11 bits per heavy atom. The van der Waals surface area contributed by atoms with Gasteiger partial charge in [0.25, 0.3) is 5.91 Å². The van der Waals surface area contributed by atoms with Crippen molar-refractivity contribution in [2.45, 2.75) is 12.8 Å². The molecule has 1 aromatic rings. The fraction of sp³-hybridized carbons (Fsp3) is 0.636. The van der Waals surface area contributed by atoms with Crippen LogP contribution in [0.5, 0.6) is 0 Å². The lowest BCUT2D eigenvalue weighted by molar-refractivity contribution is -0.126. The highest BCUT2D eigenvalue weighted by Crippen LogP contribution is 2.18. The zero-order chi connectivity index (χ0) is 13.7. The van der Waals surface area contributed by atoms with Gasteiger partial charge >= 0.3 is 0 Å². The van der Waals surface area contributed by atoms with Crippen molar-refractivity contribution in [1.82, 2.24) is 19.8 Å². The van der Waals surface area contributed by atoms with Crippen LogP contribution in [0.1, 0.15) is 23.3 Å². The van der Waals surface area contributed by atoms with Crippen molar-refractivity contribution >= 4 is 23.3 Å². The van der Waals surface area contributed by atoms with E-state index in [1.807, 2.05) is 0 Å². The van der Waals surface area contributed by atoms with Gasteiger partial charge in [0.2, 0.25) is 5.91 Å². The van der Waals surface area contributed by atoms with Crippen LogP contribution in [0, 0.1) is 5.92 Å². The third-order valence-corrected chi connectivity index (χ3v) is 3.61. The van der Waals surface area contributed by atoms with Crippen LogP contribution in [0.4, 0.5) is 0 Å². The molecule has 0 bridgehead atoms. The number of carbonyl (C=O) groups is 2. The van der Waals surface area contributed by atoms with Gasteiger partial charge in [-0.05, 0) is 24.4 Å². The number of nitrogens with zero attached hydrogens (tertiary/aromatic N) is 3. The summed E-state index contributed by atoms with van der Waals surface area (Å²) < 4.78 is 3.68. The van der Waals surface area contributed by atoms with Crippen LogP contribution in [0.2, 0.25) is 0 Å². The number of hydrogen-bond acceptors (Lipinski definition) is 6. The second-order valence-corrected chi connectivity index (χ2v) is 5.07. The maximum atomic E-state index is 12.1. The van der Waals surface area contributed by atoms with Crippen molar-refractivity contribution in [2.75, 3.05) is 26.2 Å². The van der Waals surface area contributed by atoms with E-state index < -0.39 is 0 Å². The van der Waals surface area contributed by atoms with Crippen molar-refractivity contribution in [2.24, 2.45) is 11.7 Å². The summed E-state index contributed by atoms with van der Waals surface area (Å²) in [7, 11) is 0. The lowest BCUT2D eigenvalue weighted by atomic mass is 9.97. The minimum absolute atomic E-state index is 0.0284. The molecule has 8 heteroatoms. The topological polar surface area (TPSA) is 101 Å². The van der Waals surface area contributed by atoms with Gasteiger partial charge in [-0.3, -0.25) is 9.59 Å². The Balaban J connectivity index is 1.93. The van der Waals surface area contributed by atoms with E-state index in [1.165, 1.54) is 0 Å². The first-order valence-corrected chi connectivity index (χ1v) is 7.10. The van der Waals surface area contributed by atoms with Crippen LogP contribution in [0.25, 0.3) is 0 Å². The maximum absolute atomic E-state index is 12.1. The summed E-state index contributed by atoms with van der Waals surface area (Å²) in [5.74, 6) is -0.333. The molecule has 1 fully saturated rings. The number of nitrogens with one attached hydrogen (secondary N) is 1. The molecule has 104 valence electrons. The molecule has 1 unspecified atom stereocenters. The lowest BCUT2D eigenvalue weighted by Gasteiger charge is -2.31. The first-order chi connectivity index (χ1) is 9.22. The molecule has 19 heavy (non-hydrogen) atoms. The quantitative estimate of drug-likeness (QED) is 0.773. The minimum Gasteiger partial charge on any atom is -0.355 e. The Labute approximate surface area is 115 Å². The molecule has 1 atom stereocenters. The Morgan fingerprint density at radius 1 is 1.58 bits per heavy atom. The Bertz CT molecular complexity index is 436. The standard InChI is InChI=1S/C11H17N5O2S/c12-3-4-13-10(17)8-2-1-5-16(6-8)11(18)9-7-19-15-14-9/h7-8H,1-6,12H2,(H,13,17). The van der Waals surface area contributed by atoms with E-state index in [9.17, 15) is 9.59 Å². The molecule has 0 spiro atoms. The zero-order valence-corrected chi connectivity index (χ0v) is 11.4. The Hall–Kier alpha value is -1.54. The van der Waals surface area contributed by atoms with Gasteiger partial charge < -0.3 is 16.0 Å². The van der Waals surface area contributed by atoms with E-state index in [0.29, 0.717) is 31.9 Å². The number of hydrogen-bond donors (Lipinski definition) is 2. The summed E-state index contributed by atoms with van der Waals surface area (Å²) in [5, 5.41) is 8.16. The van der Waals surface area contributed by atoms with E-state index >= 15 is 0 Å². The van der Waals surface area contributed by atoms with Crippen LogP contribution in [0.3, 0.4) is 0 Å². The van der Waals surface area contributed by atoms with E-state index in [4.69, 9.17) is 5.73 Å². The van der Waals surface area contributed by atoms with Gasteiger partial charge in [0.05, 0.1) is 5.92 Å². The number of nitrogens with two attached hydrogens (primary N) is 1. The monoisotopic (exact) mass is 283 g/mol. The molecule has 2 rings (SSSR count). The normalized spacial score (nSPS) is 19.2. The van der Waals surface area contributed by atoms with Gasteiger partial charge in [0.1, 0.15) is 0 Å². The molecule has 2 heterocycles. The lowest BCUT2D eigenvalue weighted by Crippen LogP contribution is -2.46. The second-order valence-electron chi connectivity index (χ2n) is 4.46. The maximum Gasteiger partial charge on any atom is 0.275 e. The van der Waals surface area contributed by atoms with E-state index in [-0.39, 0.29) is 17.7 Å². The van der Waals surface area contributed by atoms with Crippen LogP contribution < -0.4 is 11.1 Å². The predicted octanol–water partition coefficient (Wildman–Crippen LogP) is -0.535. The summed E-state index contributed by atoms with van der Waals surface area (Å²) in [5.41, 5.74) is 5.71. The predicted molar refractivity (Wildman–Crippen MR) is 70.6 cm³/mol. The molecule has 0 radical (unpaired) electrons. The van der Waals surface area contributed by atoms with Crippen LogP contribution in [0.15, 0.2) is 5.38 Å². The van der Waals surface area contributed by atoms with E-state index in [2.05, 4.69) is 14.9 Å². The third kappa shape index (κ3) is 3.48. The number of aromatic nitrogens is 2. The summed E-state index contributed by atoms with van der Waals surface area (Å²) in [4.78, 5) is 25.7. The van der Waals surface area contributed by atoms with Gasteiger partial charge in [-0.1, -0.05) is 4.49 Å². The zero-order valence-electron chi connectivity index (χ0n) is 10.5. The molecule has 1 aliphatic heterocycles. The fourth-order valence-corrected chi connectivity index (χ4v) is 2.57. The molecule has 0 aliphatic carbocycles. The minimum atomic E-state index is -0.157. The van der Waals surface area contributed by atoms with E-state index in [0.717, 1.165) is 24.4 Å². The fourth-order valence-electron chi connectivity index (χ4n) is 2.14. The van der Waals surface area contributed by atoms with Crippen molar-refractivity contribution in [1.29, 1.82) is 0 Å². The summed E-state index contributed by atoms with van der Waals surface area (Å²) in [6, 6.07) is 0. The molecule has 7 nitrogen and oxygen atoms in total. The molecular formula is C11H17N5O2S. The van der Waals surface area contributed by atoms with Crippen molar-refractivity contribution in [3.63, 3.8) is 0 Å². The molecule has 1 saturated heterocycles. The number of carbonyl (C=O) groups excluding carboxylic acids is 2. The number of piperidine rings is 1. The highest BCUT2D eigenvalue weighted by atomic mass is 32.1. The van der Waals surface area contributed by atoms with Gasteiger partial charge in [-0.25, -0.2) is 0 Å². The Morgan fingerprint density at radius 2 is 2.42 bits per heavy atom. The van der Waals surface area contributed by atoms with Gasteiger partial charge in [-0.2, -0.15) is 0 Å². The average molecular weight is 283 g/mol. The van der Waals surface area contributed by atoms with Crippen molar-refractivity contribution < 1.29 is 9.59 Å². The highest BCUT2D eigenvalue weighted by Gasteiger charge is 2.29. The number of likely N-dealkylation sites (tertiary alicyclic amines) is 1. The average Bonchev–Trinajstić information content (AvgIpc) is 2.98. The first-order valence-electron chi connectivity index (χ1n) is 6.26. The van der Waals surface area contributed by atoms with Crippen molar-refractivity contribution in [3.05, 3.63) is 11.1 Å². The molecule has 1 aromatic heterocycles. The third-order valence-electron chi connectivity index (χ3n) is 3.10. The summed E-state index contributed by atoms with van der Waals surface area (Å²) >= 11 is 1.15. The van der Waals surface area contributed by atoms with Gasteiger partial charge in [0, 0.05) is 31.6 Å². The molecule has 2 amide bonds. The van der Waals surface area contributed by atoms with Crippen LogP contribution in [-0.2, 0) is 4.79 Å². The SMILES string of the molecule is NCCNC(=O)C1CCCN(C(=O)c2csnn2)C1. The largest absolute Gasteiger partial charge is 0.355 e. The number of rotatable bonds is 4. The first kappa shape index (κ1) is 13.9.